The van der Waals surface area contributed by atoms with Crippen molar-refractivity contribution < 1.29 is 9.53 Å². The number of carbonyl (C=O) groups excluding carboxylic acids is 1. The first-order chi connectivity index (χ1) is 11.7. The van der Waals surface area contributed by atoms with Crippen LogP contribution in [-0.2, 0) is 4.79 Å². The first-order valence-electron chi connectivity index (χ1n) is 9.33. The molecule has 142 valence electrons. The predicted molar refractivity (Wildman–Crippen MR) is 106 cm³/mol. The van der Waals surface area contributed by atoms with Gasteiger partial charge in [-0.05, 0) is 36.5 Å². The Kier molecular flexibility index (Phi) is 10.6. The number of nitrogens with one attached hydrogen (secondary N) is 2. The van der Waals surface area contributed by atoms with E-state index in [4.69, 9.17) is 4.74 Å². The van der Waals surface area contributed by atoms with Crippen LogP contribution in [0.5, 0.6) is 5.75 Å². The predicted octanol–water partition coefficient (Wildman–Crippen LogP) is 4.04. The van der Waals surface area contributed by atoms with Crippen molar-refractivity contribution in [2.24, 2.45) is 0 Å². The molecule has 5 heteroatoms. The number of carbonyl (C=O) groups is 1. The fourth-order valence-electron chi connectivity index (χ4n) is 3.36. The fourth-order valence-corrected chi connectivity index (χ4v) is 3.36. The summed E-state index contributed by atoms with van der Waals surface area (Å²) in [6.07, 6.45) is 8.50. The molecule has 1 aromatic rings. The van der Waals surface area contributed by atoms with Crippen molar-refractivity contribution in [1.82, 2.24) is 10.6 Å². The average Bonchev–Trinajstić information content (AvgIpc) is 2.87. The maximum absolute atomic E-state index is 12.1. The van der Waals surface area contributed by atoms with Crippen LogP contribution in [0, 0.1) is 0 Å². The van der Waals surface area contributed by atoms with Crippen molar-refractivity contribution >= 4 is 18.3 Å². The lowest BCUT2D eigenvalue weighted by Gasteiger charge is -2.17. The normalized spacial score (nSPS) is 16.4. The third-order valence-corrected chi connectivity index (χ3v) is 4.91. The van der Waals surface area contributed by atoms with Crippen molar-refractivity contribution in [1.29, 1.82) is 0 Å². The van der Waals surface area contributed by atoms with E-state index in [1.165, 1.54) is 44.1 Å². The van der Waals surface area contributed by atoms with Gasteiger partial charge in [0.25, 0.3) is 0 Å². The number of hydrogen-bond donors (Lipinski definition) is 2. The molecule has 25 heavy (non-hydrogen) atoms. The minimum Gasteiger partial charge on any atom is -0.497 e. The zero-order chi connectivity index (χ0) is 17.2. The van der Waals surface area contributed by atoms with E-state index in [-0.39, 0.29) is 24.2 Å². The molecule has 1 fully saturated rings. The summed E-state index contributed by atoms with van der Waals surface area (Å²) >= 11 is 0. The van der Waals surface area contributed by atoms with Crippen LogP contribution in [0.15, 0.2) is 24.3 Å². The molecule has 0 aromatic heterocycles. The number of hydrogen-bond acceptors (Lipinski definition) is 3. The van der Waals surface area contributed by atoms with E-state index in [1.54, 1.807) is 7.11 Å². The Morgan fingerprint density at radius 3 is 2.36 bits per heavy atom. The highest BCUT2D eigenvalue weighted by molar-refractivity contribution is 5.85. The lowest BCUT2D eigenvalue weighted by molar-refractivity contribution is -0.121. The van der Waals surface area contributed by atoms with Crippen molar-refractivity contribution in [2.75, 3.05) is 20.2 Å². The van der Waals surface area contributed by atoms with Gasteiger partial charge in [0.1, 0.15) is 5.75 Å². The van der Waals surface area contributed by atoms with E-state index in [2.05, 4.69) is 17.6 Å². The largest absolute Gasteiger partial charge is 0.497 e. The van der Waals surface area contributed by atoms with Gasteiger partial charge >= 0.3 is 0 Å². The second-order valence-corrected chi connectivity index (χ2v) is 6.87. The standard InChI is InChI=1S/C20H32N2O2.ClH/c1-16(17-9-11-19(24-2)12-10-17)15-20(23)22-14-13-21-18-7-5-3-4-6-8-18;/h9-12,16,18,21H,3-8,13-15H2,1-2H3,(H,22,23);1H. The van der Waals surface area contributed by atoms with Crippen LogP contribution < -0.4 is 15.4 Å². The van der Waals surface area contributed by atoms with Crippen LogP contribution in [0.2, 0.25) is 0 Å². The van der Waals surface area contributed by atoms with Crippen LogP contribution in [0.3, 0.4) is 0 Å². The third kappa shape index (κ3) is 8.10. The second-order valence-electron chi connectivity index (χ2n) is 6.87. The molecular weight excluding hydrogens is 336 g/mol. The van der Waals surface area contributed by atoms with Crippen molar-refractivity contribution in [2.45, 2.75) is 63.8 Å². The summed E-state index contributed by atoms with van der Waals surface area (Å²) in [7, 11) is 1.66. The van der Waals surface area contributed by atoms with Gasteiger partial charge in [0.2, 0.25) is 5.91 Å². The van der Waals surface area contributed by atoms with E-state index < -0.39 is 0 Å². The molecule has 0 saturated heterocycles. The third-order valence-electron chi connectivity index (χ3n) is 4.91. The van der Waals surface area contributed by atoms with Gasteiger partial charge in [-0.25, -0.2) is 0 Å². The molecule has 4 nitrogen and oxygen atoms in total. The monoisotopic (exact) mass is 368 g/mol. The molecule has 1 unspecified atom stereocenters. The van der Waals surface area contributed by atoms with Gasteiger partial charge in [0.05, 0.1) is 7.11 Å². The van der Waals surface area contributed by atoms with Crippen molar-refractivity contribution in [3.63, 3.8) is 0 Å². The second kappa shape index (κ2) is 12.2. The molecule has 0 heterocycles. The number of halogens is 1. The Morgan fingerprint density at radius 1 is 1.12 bits per heavy atom. The van der Waals surface area contributed by atoms with Gasteiger partial charge in [-0.1, -0.05) is 44.7 Å². The number of ether oxygens (including phenoxy) is 1. The van der Waals surface area contributed by atoms with Gasteiger partial charge in [-0.2, -0.15) is 0 Å². The molecule has 0 spiro atoms. The van der Waals surface area contributed by atoms with E-state index in [1.807, 2.05) is 24.3 Å². The van der Waals surface area contributed by atoms with Crippen LogP contribution >= 0.6 is 12.4 Å². The SMILES string of the molecule is COc1ccc(C(C)CC(=O)NCCNC2CCCCCC2)cc1.Cl. The number of benzene rings is 1. The minimum absolute atomic E-state index is 0. The summed E-state index contributed by atoms with van der Waals surface area (Å²) in [5.74, 6) is 1.19. The first kappa shape index (κ1) is 21.8. The van der Waals surface area contributed by atoms with Crippen LogP contribution in [0.4, 0.5) is 0 Å². The van der Waals surface area contributed by atoms with Crippen LogP contribution in [-0.4, -0.2) is 32.1 Å². The summed E-state index contributed by atoms with van der Waals surface area (Å²) in [6, 6.07) is 8.60. The van der Waals surface area contributed by atoms with Crippen LogP contribution in [0.25, 0.3) is 0 Å². The maximum atomic E-state index is 12.1. The van der Waals surface area contributed by atoms with E-state index in [0.717, 1.165) is 12.3 Å². The van der Waals surface area contributed by atoms with Crippen LogP contribution in [0.1, 0.15) is 63.4 Å². The highest BCUT2D eigenvalue weighted by Gasteiger charge is 2.13. The molecule has 1 aromatic carbocycles. The molecular formula is C20H33ClN2O2. The Morgan fingerprint density at radius 2 is 1.76 bits per heavy atom. The molecule has 2 rings (SSSR count). The lowest BCUT2D eigenvalue weighted by Crippen LogP contribution is -2.37. The maximum Gasteiger partial charge on any atom is 0.220 e. The van der Waals surface area contributed by atoms with Gasteiger partial charge in [-0.15, -0.1) is 12.4 Å². The molecule has 0 aliphatic heterocycles. The van der Waals surface area contributed by atoms with Gasteiger partial charge in [0.15, 0.2) is 0 Å². The molecule has 0 radical (unpaired) electrons. The molecule has 1 amide bonds. The molecule has 2 N–H and O–H groups in total. The summed E-state index contributed by atoms with van der Waals surface area (Å²) in [6.45, 7) is 3.67. The number of methoxy groups -OCH3 is 1. The van der Waals surface area contributed by atoms with Gasteiger partial charge < -0.3 is 15.4 Å². The summed E-state index contributed by atoms with van der Waals surface area (Å²) < 4.78 is 5.17. The highest BCUT2D eigenvalue weighted by Crippen LogP contribution is 2.21. The first-order valence-corrected chi connectivity index (χ1v) is 9.33. The van der Waals surface area contributed by atoms with Gasteiger partial charge in [-0.3, -0.25) is 4.79 Å². The van der Waals surface area contributed by atoms with E-state index in [9.17, 15) is 4.79 Å². The molecule has 1 atom stereocenters. The van der Waals surface area contributed by atoms with Crippen molar-refractivity contribution in [3.05, 3.63) is 29.8 Å². The number of amides is 1. The molecule has 1 aliphatic rings. The molecule has 1 aliphatic carbocycles. The summed E-state index contributed by atoms with van der Waals surface area (Å²) in [5.41, 5.74) is 1.17. The Bertz CT molecular complexity index is 485. The lowest BCUT2D eigenvalue weighted by atomic mass is 9.97. The smallest absolute Gasteiger partial charge is 0.220 e. The zero-order valence-corrected chi connectivity index (χ0v) is 16.4. The molecule has 0 bridgehead atoms. The Hall–Kier alpha value is -1.26. The quantitative estimate of drug-likeness (QED) is 0.537. The van der Waals surface area contributed by atoms with Gasteiger partial charge in [0, 0.05) is 25.6 Å². The fraction of sp³-hybridized carbons (Fsp3) is 0.650. The molecule has 1 saturated carbocycles. The topological polar surface area (TPSA) is 50.4 Å². The summed E-state index contributed by atoms with van der Waals surface area (Å²) in [5, 5.41) is 6.62. The van der Waals surface area contributed by atoms with Crippen molar-refractivity contribution in [3.8, 4) is 5.75 Å². The highest BCUT2D eigenvalue weighted by atomic mass is 35.5. The average molecular weight is 369 g/mol. The minimum atomic E-state index is 0. The Balaban J connectivity index is 0.00000312. The van der Waals surface area contributed by atoms with E-state index in [0.29, 0.717) is 19.0 Å². The summed E-state index contributed by atoms with van der Waals surface area (Å²) in [4.78, 5) is 12.1. The van der Waals surface area contributed by atoms with E-state index >= 15 is 0 Å². The Labute approximate surface area is 158 Å². The zero-order valence-electron chi connectivity index (χ0n) is 15.6. The number of rotatable bonds is 8.